The molecule has 1 aromatic rings. The molecule has 2 fully saturated rings. The summed E-state index contributed by atoms with van der Waals surface area (Å²) in [6.45, 7) is 4.60. The van der Waals surface area contributed by atoms with Gasteiger partial charge in [0.25, 0.3) is 0 Å². The highest BCUT2D eigenvalue weighted by Gasteiger charge is 2.30. The van der Waals surface area contributed by atoms with Gasteiger partial charge in [0.15, 0.2) is 0 Å². The summed E-state index contributed by atoms with van der Waals surface area (Å²) in [7, 11) is 0. The number of aromatic nitrogens is 2. The van der Waals surface area contributed by atoms with Gasteiger partial charge in [-0.05, 0) is 32.4 Å². The van der Waals surface area contributed by atoms with E-state index >= 15 is 0 Å². The van der Waals surface area contributed by atoms with Crippen molar-refractivity contribution < 1.29 is 5.11 Å². The molecule has 3 rings (SSSR count). The quantitative estimate of drug-likeness (QED) is 0.851. The van der Waals surface area contributed by atoms with Crippen molar-refractivity contribution >= 4 is 5.95 Å². The number of aliphatic hydroxyl groups excluding tert-OH is 1. The Morgan fingerprint density at radius 1 is 1.17 bits per heavy atom. The molecule has 1 aromatic heterocycles. The van der Waals surface area contributed by atoms with Gasteiger partial charge in [0.05, 0.1) is 6.61 Å². The van der Waals surface area contributed by atoms with Crippen molar-refractivity contribution in [2.24, 2.45) is 0 Å². The molecule has 5 heteroatoms. The molecule has 1 unspecified atom stereocenters. The third kappa shape index (κ3) is 2.33. The van der Waals surface area contributed by atoms with Gasteiger partial charge >= 0.3 is 0 Å². The van der Waals surface area contributed by atoms with Gasteiger partial charge in [0.1, 0.15) is 0 Å². The zero-order valence-corrected chi connectivity index (χ0v) is 10.6. The van der Waals surface area contributed by atoms with E-state index in [-0.39, 0.29) is 6.61 Å². The van der Waals surface area contributed by atoms with Crippen LogP contribution in [-0.2, 0) is 6.61 Å². The normalized spacial score (nSPS) is 24.9. The summed E-state index contributed by atoms with van der Waals surface area (Å²) in [5.41, 5.74) is 0.772. The molecule has 5 nitrogen and oxygen atoms in total. The van der Waals surface area contributed by atoms with Crippen molar-refractivity contribution in [3.05, 3.63) is 18.0 Å². The van der Waals surface area contributed by atoms with Crippen molar-refractivity contribution in [2.45, 2.75) is 31.9 Å². The monoisotopic (exact) mass is 248 g/mol. The van der Waals surface area contributed by atoms with Gasteiger partial charge in [-0.1, -0.05) is 0 Å². The summed E-state index contributed by atoms with van der Waals surface area (Å²) >= 11 is 0. The maximum atomic E-state index is 8.98. The Kier molecular flexibility index (Phi) is 3.43. The van der Waals surface area contributed by atoms with Crippen molar-refractivity contribution in [1.82, 2.24) is 14.9 Å². The summed E-state index contributed by atoms with van der Waals surface area (Å²) in [5, 5.41) is 8.98. The second-order valence-corrected chi connectivity index (χ2v) is 5.18. The Hall–Kier alpha value is -1.20. The van der Waals surface area contributed by atoms with Crippen LogP contribution >= 0.6 is 0 Å². The molecule has 0 spiro atoms. The molecule has 0 bridgehead atoms. The fraction of sp³-hybridized carbons (Fsp3) is 0.692. The van der Waals surface area contributed by atoms with Crippen LogP contribution in [0, 0.1) is 0 Å². The second kappa shape index (κ2) is 5.20. The highest BCUT2D eigenvalue weighted by Crippen LogP contribution is 2.22. The maximum absolute atomic E-state index is 8.98. The van der Waals surface area contributed by atoms with Crippen LogP contribution in [0.2, 0.25) is 0 Å². The summed E-state index contributed by atoms with van der Waals surface area (Å²) in [5.74, 6) is 0.800. The first-order chi connectivity index (χ1) is 8.86. The first kappa shape index (κ1) is 11.9. The van der Waals surface area contributed by atoms with Gasteiger partial charge in [-0.2, -0.15) is 0 Å². The predicted octanol–water partition coefficient (Wildman–Crippen LogP) is 0.643. The highest BCUT2D eigenvalue weighted by atomic mass is 16.3. The Labute approximate surface area is 107 Å². The summed E-state index contributed by atoms with van der Waals surface area (Å²) < 4.78 is 0. The van der Waals surface area contributed by atoms with Crippen LogP contribution in [0.15, 0.2) is 12.4 Å². The van der Waals surface area contributed by atoms with Gasteiger partial charge < -0.3 is 10.0 Å². The zero-order valence-electron chi connectivity index (χ0n) is 10.6. The SMILES string of the molecule is OCc1cnc(N2CCC(N3CCCC3)C2)nc1. The van der Waals surface area contributed by atoms with E-state index in [4.69, 9.17) is 5.11 Å². The molecule has 0 aliphatic carbocycles. The molecule has 2 aliphatic heterocycles. The number of likely N-dealkylation sites (tertiary alicyclic amines) is 1. The van der Waals surface area contributed by atoms with Crippen LogP contribution in [0.5, 0.6) is 0 Å². The molecular weight excluding hydrogens is 228 g/mol. The molecule has 2 aliphatic rings. The maximum Gasteiger partial charge on any atom is 0.225 e. The Morgan fingerprint density at radius 2 is 1.89 bits per heavy atom. The molecule has 2 saturated heterocycles. The zero-order chi connectivity index (χ0) is 12.4. The fourth-order valence-corrected chi connectivity index (χ4v) is 2.92. The van der Waals surface area contributed by atoms with Crippen LogP contribution in [0.4, 0.5) is 5.95 Å². The number of nitrogens with zero attached hydrogens (tertiary/aromatic N) is 4. The average Bonchev–Trinajstić information content (AvgIpc) is 3.09. The van der Waals surface area contributed by atoms with Crippen LogP contribution in [-0.4, -0.2) is 52.2 Å². The Balaban J connectivity index is 1.63. The third-order valence-corrected chi connectivity index (χ3v) is 3.98. The van der Waals surface area contributed by atoms with Crippen molar-refractivity contribution in [3.63, 3.8) is 0 Å². The minimum absolute atomic E-state index is 0.0106. The van der Waals surface area contributed by atoms with Crippen LogP contribution < -0.4 is 4.90 Å². The number of hydrogen-bond acceptors (Lipinski definition) is 5. The fourth-order valence-electron chi connectivity index (χ4n) is 2.92. The lowest BCUT2D eigenvalue weighted by Crippen LogP contribution is -2.35. The molecule has 1 N–H and O–H groups in total. The van der Waals surface area contributed by atoms with E-state index in [1.54, 1.807) is 12.4 Å². The van der Waals surface area contributed by atoms with E-state index in [0.29, 0.717) is 6.04 Å². The summed E-state index contributed by atoms with van der Waals surface area (Å²) in [6.07, 6.45) is 7.33. The topological polar surface area (TPSA) is 52.5 Å². The van der Waals surface area contributed by atoms with Gasteiger partial charge in [-0.15, -0.1) is 0 Å². The molecule has 0 amide bonds. The number of rotatable bonds is 3. The molecule has 0 aromatic carbocycles. The van der Waals surface area contributed by atoms with Crippen molar-refractivity contribution in [1.29, 1.82) is 0 Å². The number of anilines is 1. The second-order valence-electron chi connectivity index (χ2n) is 5.18. The lowest BCUT2D eigenvalue weighted by molar-refractivity contribution is 0.260. The molecule has 0 radical (unpaired) electrons. The molecular formula is C13H20N4O. The van der Waals surface area contributed by atoms with Crippen molar-refractivity contribution in [2.75, 3.05) is 31.1 Å². The van der Waals surface area contributed by atoms with Crippen molar-refractivity contribution in [3.8, 4) is 0 Å². The predicted molar refractivity (Wildman–Crippen MR) is 69.4 cm³/mol. The molecule has 0 saturated carbocycles. The van der Waals surface area contributed by atoms with Gasteiger partial charge in [-0.25, -0.2) is 9.97 Å². The van der Waals surface area contributed by atoms with E-state index < -0.39 is 0 Å². The number of aliphatic hydroxyl groups is 1. The molecule has 3 heterocycles. The smallest absolute Gasteiger partial charge is 0.225 e. The van der Waals surface area contributed by atoms with Crippen LogP contribution in [0.1, 0.15) is 24.8 Å². The van der Waals surface area contributed by atoms with E-state index in [2.05, 4.69) is 19.8 Å². The molecule has 98 valence electrons. The average molecular weight is 248 g/mol. The van der Waals surface area contributed by atoms with E-state index in [1.807, 2.05) is 0 Å². The first-order valence-electron chi connectivity index (χ1n) is 6.77. The van der Waals surface area contributed by atoms with E-state index in [1.165, 1.54) is 32.4 Å². The van der Waals surface area contributed by atoms with Crippen LogP contribution in [0.25, 0.3) is 0 Å². The Bertz CT molecular complexity index is 388. The Morgan fingerprint density at radius 3 is 2.56 bits per heavy atom. The van der Waals surface area contributed by atoms with E-state index in [0.717, 1.165) is 24.6 Å². The number of hydrogen-bond donors (Lipinski definition) is 1. The lowest BCUT2D eigenvalue weighted by Gasteiger charge is -2.23. The first-order valence-corrected chi connectivity index (χ1v) is 6.77. The third-order valence-electron chi connectivity index (χ3n) is 3.98. The summed E-state index contributed by atoms with van der Waals surface area (Å²) in [6, 6.07) is 0.675. The standard InChI is InChI=1S/C13H20N4O/c18-10-11-7-14-13(15-8-11)17-6-3-12(9-17)16-4-1-2-5-16/h7-8,12,18H,1-6,9-10H2. The minimum atomic E-state index is 0.0106. The molecule has 1 atom stereocenters. The van der Waals surface area contributed by atoms with Crippen LogP contribution in [0.3, 0.4) is 0 Å². The lowest BCUT2D eigenvalue weighted by atomic mass is 10.2. The van der Waals surface area contributed by atoms with Gasteiger partial charge in [0, 0.05) is 37.1 Å². The highest BCUT2D eigenvalue weighted by molar-refractivity contribution is 5.32. The largest absolute Gasteiger partial charge is 0.392 e. The van der Waals surface area contributed by atoms with Gasteiger partial charge in [0.2, 0.25) is 5.95 Å². The van der Waals surface area contributed by atoms with Gasteiger partial charge in [-0.3, -0.25) is 4.90 Å². The minimum Gasteiger partial charge on any atom is -0.392 e. The molecule has 18 heavy (non-hydrogen) atoms. The van der Waals surface area contributed by atoms with E-state index in [9.17, 15) is 0 Å². The summed E-state index contributed by atoms with van der Waals surface area (Å²) in [4.78, 5) is 13.5.